The SMILES string of the molecule is COc1ccc2c(c1)C(CCC=O)C2. The van der Waals surface area contributed by atoms with Gasteiger partial charge in [-0.2, -0.15) is 0 Å². The molecule has 0 N–H and O–H groups in total. The molecule has 1 atom stereocenters. The number of carbonyl (C=O) groups is 1. The van der Waals surface area contributed by atoms with Gasteiger partial charge in [-0.3, -0.25) is 0 Å². The van der Waals surface area contributed by atoms with Gasteiger partial charge in [0.05, 0.1) is 7.11 Å². The Morgan fingerprint density at radius 1 is 1.57 bits per heavy atom. The topological polar surface area (TPSA) is 26.3 Å². The number of carbonyl (C=O) groups excluding carboxylic acids is 1. The first-order valence-corrected chi connectivity index (χ1v) is 4.95. The van der Waals surface area contributed by atoms with Crippen LogP contribution >= 0.6 is 0 Å². The molecule has 1 aliphatic carbocycles. The lowest BCUT2D eigenvalue weighted by Gasteiger charge is -2.30. The van der Waals surface area contributed by atoms with E-state index in [0.29, 0.717) is 12.3 Å². The lowest BCUT2D eigenvalue weighted by Crippen LogP contribution is -2.17. The zero-order valence-corrected chi connectivity index (χ0v) is 8.32. The van der Waals surface area contributed by atoms with Gasteiger partial charge in [-0.05, 0) is 42.0 Å². The minimum absolute atomic E-state index is 0.574. The van der Waals surface area contributed by atoms with Crippen LogP contribution in [0.5, 0.6) is 5.75 Å². The van der Waals surface area contributed by atoms with Gasteiger partial charge in [-0.1, -0.05) is 6.07 Å². The molecule has 0 aliphatic heterocycles. The zero-order valence-electron chi connectivity index (χ0n) is 8.32. The highest BCUT2D eigenvalue weighted by Gasteiger charge is 2.25. The van der Waals surface area contributed by atoms with Crippen LogP contribution in [0.4, 0.5) is 0 Å². The molecule has 0 fully saturated rings. The number of hydrogen-bond acceptors (Lipinski definition) is 2. The van der Waals surface area contributed by atoms with Crippen molar-refractivity contribution in [2.75, 3.05) is 7.11 Å². The number of aldehydes is 1. The van der Waals surface area contributed by atoms with Crippen molar-refractivity contribution in [3.8, 4) is 5.75 Å². The smallest absolute Gasteiger partial charge is 0.120 e. The first-order valence-electron chi connectivity index (χ1n) is 4.95. The molecular weight excluding hydrogens is 176 g/mol. The van der Waals surface area contributed by atoms with Crippen LogP contribution in [-0.4, -0.2) is 13.4 Å². The van der Waals surface area contributed by atoms with Crippen LogP contribution in [0.1, 0.15) is 29.9 Å². The molecule has 2 rings (SSSR count). The van der Waals surface area contributed by atoms with Gasteiger partial charge in [0.25, 0.3) is 0 Å². The monoisotopic (exact) mass is 190 g/mol. The molecule has 0 heterocycles. The Bertz CT molecular complexity index is 344. The third kappa shape index (κ3) is 1.52. The first kappa shape index (κ1) is 9.25. The highest BCUT2D eigenvalue weighted by Crippen LogP contribution is 2.39. The summed E-state index contributed by atoms with van der Waals surface area (Å²) in [6, 6.07) is 6.20. The molecular formula is C12H14O2. The van der Waals surface area contributed by atoms with E-state index in [1.165, 1.54) is 11.1 Å². The summed E-state index contributed by atoms with van der Waals surface area (Å²) in [6.45, 7) is 0. The Kier molecular flexibility index (Phi) is 2.53. The van der Waals surface area contributed by atoms with Crippen LogP contribution in [0.2, 0.25) is 0 Å². The quantitative estimate of drug-likeness (QED) is 0.681. The van der Waals surface area contributed by atoms with E-state index in [2.05, 4.69) is 12.1 Å². The second kappa shape index (κ2) is 3.82. The molecule has 0 saturated heterocycles. The molecule has 0 aromatic heterocycles. The standard InChI is InChI=1S/C12H14O2/c1-14-11-5-4-10-7-9(3-2-6-13)12(10)8-11/h4-6,8-9H,2-3,7H2,1H3. The van der Waals surface area contributed by atoms with E-state index in [1.54, 1.807) is 7.11 Å². The van der Waals surface area contributed by atoms with Crippen LogP contribution in [0.3, 0.4) is 0 Å². The van der Waals surface area contributed by atoms with E-state index in [0.717, 1.165) is 24.9 Å². The Morgan fingerprint density at radius 2 is 2.43 bits per heavy atom. The van der Waals surface area contributed by atoms with Gasteiger partial charge in [0.15, 0.2) is 0 Å². The van der Waals surface area contributed by atoms with Crippen LogP contribution in [-0.2, 0) is 11.2 Å². The van der Waals surface area contributed by atoms with Gasteiger partial charge < -0.3 is 9.53 Å². The van der Waals surface area contributed by atoms with Crippen LogP contribution in [0.15, 0.2) is 18.2 Å². The van der Waals surface area contributed by atoms with Crippen molar-refractivity contribution in [1.82, 2.24) is 0 Å². The molecule has 0 radical (unpaired) electrons. The molecule has 0 saturated carbocycles. The molecule has 1 unspecified atom stereocenters. The summed E-state index contributed by atoms with van der Waals surface area (Å²) in [5, 5.41) is 0. The normalized spacial score (nSPS) is 18.2. The van der Waals surface area contributed by atoms with Crippen molar-refractivity contribution in [2.24, 2.45) is 0 Å². The summed E-state index contributed by atoms with van der Waals surface area (Å²) in [5.74, 6) is 1.49. The van der Waals surface area contributed by atoms with Gasteiger partial charge in [0, 0.05) is 6.42 Å². The van der Waals surface area contributed by atoms with Gasteiger partial charge in [-0.15, -0.1) is 0 Å². The van der Waals surface area contributed by atoms with Crippen LogP contribution in [0, 0.1) is 0 Å². The zero-order chi connectivity index (χ0) is 9.97. The number of fused-ring (bicyclic) bond motifs is 1. The molecule has 1 aromatic carbocycles. The molecule has 14 heavy (non-hydrogen) atoms. The minimum atomic E-state index is 0.574. The molecule has 2 heteroatoms. The van der Waals surface area contributed by atoms with E-state index >= 15 is 0 Å². The minimum Gasteiger partial charge on any atom is -0.497 e. The average molecular weight is 190 g/mol. The van der Waals surface area contributed by atoms with Crippen molar-refractivity contribution < 1.29 is 9.53 Å². The van der Waals surface area contributed by atoms with Gasteiger partial charge >= 0.3 is 0 Å². The third-order valence-corrected chi connectivity index (χ3v) is 2.89. The van der Waals surface area contributed by atoms with E-state index in [-0.39, 0.29) is 0 Å². The Labute approximate surface area is 83.9 Å². The Hall–Kier alpha value is -1.31. The molecule has 74 valence electrons. The third-order valence-electron chi connectivity index (χ3n) is 2.89. The maximum absolute atomic E-state index is 10.3. The molecule has 0 amide bonds. The van der Waals surface area contributed by atoms with Crippen molar-refractivity contribution in [3.05, 3.63) is 29.3 Å². The molecule has 1 aliphatic rings. The first-order chi connectivity index (χ1) is 6.85. The van der Waals surface area contributed by atoms with Gasteiger partial charge in [0.2, 0.25) is 0 Å². The van der Waals surface area contributed by atoms with Crippen LogP contribution < -0.4 is 4.74 Å². The molecule has 0 bridgehead atoms. The Balaban J connectivity index is 2.10. The maximum Gasteiger partial charge on any atom is 0.120 e. The highest BCUT2D eigenvalue weighted by molar-refractivity contribution is 5.51. The van der Waals surface area contributed by atoms with Crippen molar-refractivity contribution in [2.45, 2.75) is 25.2 Å². The number of hydrogen-bond donors (Lipinski definition) is 0. The number of methoxy groups -OCH3 is 1. The highest BCUT2D eigenvalue weighted by atomic mass is 16.5. The van der Waals surface area contributed by atoms with Gasteiger partial charge in [0.1, 0.15) is 12.0 Å². The summed E-state index contributed by atoms with van der Waals surface area (Å²) in [6.07, 6.45) is 3.76. The second-order valence-corrected chi connectivity index (χ2v) is 3.71. The van der Waals surface area contributed by atoms with Gasteiger partial charge in [-0.25, -0.2) is 0 Å². The summed E-state index contributed by atoms with van der Waals surface area (Å²) in [7, 11) is 1.68. The van der Waals surface area contributed by atoms with Crippen molar-refractivity contribution in [1.29, 1.82) is 0 Å². The summed E-state index contributed by atoms with van der Waals surface area (Å²) in [5.41, 5.74) is 2.77. The second-order valence-electron chi connectivity index (χ2n) is 3.71. The number of benzene rings is 1. The fourth-order valence-corrected chi connectivity index (χ4v) is 2.04. The van der Waals surface area contributed by atoms with E-state index < -0.39 is 0 Å². The molecule has 2 nitrogen and oxygen atoms in total. The van der Waals surface area contributed by atoms with E-state index in [9.17, 15) is 4.79 Å². The number of rotatable bonds is 4. The largest absolute Gasteiger partial charge is 0.497 e. The summed E-state index contributed by atoms with van der Waals surface area (Å²) in [4.78, 5) is 10.3. The summed E-state index contributed by atoms with van der Waals surface area (Å²) < 4.78 is 5.17. The lowest BCUT2D eigenvalue weighted by molar-refractivity contribution is -0.108. The molecule has 1 aromatic rings. The fourth-order valence-electron chi connectivity index (χ4n) is 2.04. The average Bonchev–Trinajstić information content (AvgIpc) is 2.20. The Morgan fingerprint density at radius 3 is 3.14 bits per heavy atom. The fraction of sp³-hybridized carbons (Fsp3) is 0.417. The number of ether oxygens (including phenoxy) is 1. The van der Waals surface area contributed by atoms with Crippen molar-refractivity contribution in [3.63, 3.8) is 0 Å². The molecule has 0 spiro atoms. The maximum atomic E-state index is 10.3. The van der Waals surface area contributed by atoms with Crippen LogP contribution in [0.25, 0.3) is 0 Å². The lowest BCUT2D eigenvalue weighted by atomic mass is 9.75. The summed E-state index contributed by atoms with van der Waals surface area (Å²) >= 11 is 0. The predicted molar refractivity (Wildman–Crippen MR) is 54.7 cm³/mol. The van der Waals surface area contributed by atoms with Crippen molar-refractivity contribution >= 4 is 6.29 Å². The van der Waals surface area contributed by atoms with E-state index in [1.807, 2.05) is 6.07 Å². The predicted octanol–water partition coefficient (Wildman–Crippen LogP) is 2.31. The van der Waals surface area contributed by atoms with E-state index in [4.69, 9.17) is 4.74 Å².